The molecule has 0 saturated carbocycles. The van der Waals surface area contributed by atoms with E-state index in [9.17, 15) is 9.59 Å². The zero-order valence-electron chi connectivity index (χ0n) is 9.53. The fraction of sp³-hybridized carbons (Fsp3) is 0.545. The molecule has 0 aromatic carbocycles. The van der Waals surface area contributed by atoms with Crippen LogP contribution < -0.4 is 5.32 Å². The maximum Gasteiger partial charge on any atom is 0.235 e. The van der Waals surface area contributed by atoms with Crippen LogP contribution in [0.25, 0.3) is 0 Å². The Morgan fingerprint density at radius 2 is 2.31 bits per heavy atom. The van der Waals surface area contributed by atoms with E-state index < -0.39 is 0 Å². The molecule has 1 N–H and O–H groups in total. The number of nitrogens with zero attached hydrogens (tertiary/aromatic N) is 1. The van der Waals surface area contributed by atoms with E-state index in [1.807, 2.05) is 19.9 Å². The average Bonchev–Trinajstić information content (AvgIpc) is 2.52. The van der Waals surface area contributed by atoms with Crippen molar-refractivity contribution in [2.45, 2.75) is 32.7 Å². The number of amides is 1. The number of hydrogen-bond acceptors (Lipinski definition) is 4. The van der Waals surface area contributed by atoms with Crippen molar-refractivity contribution < 1.29 is 9.59 Å². The molecule has 5 heteroatoms. The molecule has 1 atom stereocenters. The van der Waals surface area contributed by atoms with E-state index in [0.29, 0.717) is 11.6 Å². The summed E-state index contributed by atoms with van der Waals surface area (Å²) in [7, 11) is 0. The molecule has 2 heterocycles. The molecule has 1 fully saturated rings. The van der Waals surface area contributed by atoms with Crippen molar-refractivity contribution in [2.75, 3.05) is 5.75 Å². The molecule has 0 aliphatic carbocycles. The lowest BCUT2D eigenvalue weighted by Crippen LogP contribution is -2.37. The number of carbonyl (C=O) groups excluding carboxylic acids is 2. The minimum Gasteiger partial charge on any atom is -0.309 e. The lowest BCUT2D eigenvalue weighted by Gasteiger charge is -2.16. The average molecular weight is 240 g/mol. The Morgan fingerprint density at radius 1 is 1.56 bits per heavy atom. The molecule has 88 valence electrons. The smallest absolute Gasteiger partial charge is 0.235 e. The van der Waals surface area contributed by atoms with Crippen LogP contribution in [0.15, 0.2) is 16.0 Å². The zero-order valence-corrected chi connectivity index (χ0v) is 10.3. The standard InChI is InChI=1S/C9H10N2O2S.C2H6/c12-4-6-2-1-3-7-9(10-6)11-8(13)5-14-7;1-2/h3-4,6H,1-2,5H2,(H,10,11,13);1-2H3. The first-order valence-corrected chi connectivity index (χ1v) is 6.44. The fourth-order valence-electron chi connectivity index (χ4n) is 1.41. The van der Waals surface area contributed by atoms with E-state index in [0.717, 1.165) is 24.0 Å². The monoisotopic (exact) mass is 240 g/mol. The van der Waals surface area contributed by atoms with E-state index in [-0.39, 0.29) is 11.9 Å². The highest BCUT2D eigenvalue weighted by Gasteiger charge is 2.22. The zero-order chi connectivity index (χ0) is 12.0. The maximum atomic E-state index is 11.1. The number of aldehydes is 1. The Balaban J connectivity index is 0.000000606. The molecule has 1 saturated heterocycles. The number of fused-ring (bicyclic) bond motifs is 1. The summed E-state index contributed by atoms with van der Waals surface area (Å²) in [5, 5.41) is 2.69. The summed E-state index contributed by atoms with van der Waals surface area (Å²) in [5.41, 5.74) is 0. The highest BCUT2D eigenvalue weighted by Crippen LogP contribution is 2.24. The number of allylic oxidation sites excluding steroid dienone is 1. The van der Waals surface area contributed by atoms with Crippen LogP contribution in [0.4, 0.5) is 0 Å². The lowest BCUT2D eigenvalue weighted by atomic mass is 10.2. The molecule has 2 aliphatic heterocycles. The summed E-state index contributed by atoms with van der Waals surface area (Å²) in [5.74, 6) is 0.967. The van der Waals surface area contributed by atoms with E-state index >= 15 is 0 Å². The summed E-state index contributed by atoms with van der Waals surface area (Å²) in [6.07, 6.45) is 4.43. The Kier molecular flexibility index (Phi) is 5.25. The molecule has 16 heavy (non-hydrogen) atoms. The highest BCUT2D eigenvalue weighted by molar-refractivity contribution is 8.04. The van der Waals surface area contributed by atoms with Gasteiger partial charge < -0.3 is 10.1 Å². The summed E-state index contributed by atoms with van der Waals surface area (Å²) in [6.45, 7) is 4.00. The van der Waals surface area contributed by atoms with E-state index in [1.165, 1.54) is 11.8 Å². The number of hydrogen-bond donors (Lipinski definition) is 1. The fourth-order valence-corrected chi connectivity index (χ4v) is 2.24. The summed E-state index contributed by atoms with van der Waals surface area (Å²) >= 11 is 1.48. The number of amidine groups is 1. The van der Waals surface area contributed by atoms with E-state index in [1.54, 1.807) is 0 Å². The van der Waals surface area contributed by atoms with Crippen LogP contribution in [0.2, 0.25) is 0 Å². The molecule has 0 radical (unpaired) electrons. The van der Waals surface area contributed by atoms with Crippen molar-refractivity contribution in [3.8, 4) is 0 Å². The number of aliphatic imine (C=N–C) groups is 1. The highest BCUT2D eigenvalue weighted by atomic mass is 32.2. The quantitative estimate of drug-likeness (QED) is 0.707. The van der Waals surface area contributed by atoms with Crippen molar-refractivity contribution in [1.29, 1.82) is 0 Å². The van der Waals surface area contributed by atoms with Gasteiger partial charge in [0.1, 0.15) is 18.2 Å². The van der Waals surface area contributed by atoms with Crippen molar-refractivity contribution in [2.24, 2.45) is 4.99 Å². The molecule has 0 aromatic heterocycles. The van der Waals surface area contributed by atoms with Crippen LogP contribution in [0, 0.1) is 0 Å². The summed E-state index contributed by atoms with van der Waals surface area (Å²) in [6, 6.07) is -0.308. The number of carbonyl (C=O) groups is 2. The Bertz CT molecular complexity index is 337. The van der Waals surface area contributed by atoms with Crippen molar-refractivity contribution >= 4 is 29.8 Å². The predicted molar refractivity (Wildman–Crippen MR) is 66.6 cm³/mol. The second-order valence-electron chi connectivity index (χ2n) is 3.16. The van der Waals surface area contributed by atoms with Gasteiger partial charge in [-0.25, -0.2) is 0 Å². The van der Waals surface area contributed by atoms with E-state index in [2.05, 4.69) is 10.3 Å². The third-order valence-electron chi connectivity index (χ3n) is 2.09. The van der Waals surface area contributed by atoms with Crippen LogP contribution in [0.3, 0.4) is 0 Å². The van der Waals surface area contributed by atoms with Gasteiger partial charge in [-0.15, -0.1) is 11.8 Å². The lowest BCUT2D eigenvalue weighted by molar-refractivity contribution is -0.117. The number of thioether (sulfide) groups is 1. The minimum atomic E-state index is -0.308. The van der Waals surface area contributed by atoms with Gasteiger partial charge >= 0.3 is 0 Å². The van der Waals surface area contributed by atoms with Crippen molar-refractivity contribution in [3.05, 3.63) is 11.0 Å². The first-order chi connectivity index (χ1) is 7.79. The van der Waals surface area contributed by atoms with Gasteiger partial charge in [-0.2, -0.15) is 0 Å². The topological polar surface area (TPSA) is 58.5 Å². The molecule has 0 bridgehead atoms. The molecule has 1 amide bonds. The van der Waals surface area contributed by atoms with Crippen LogP contribution in [0.5, 0.6) is 0 Å². The normalized spacial score (nSPS) is 23.6. The molecule has 2 aliphatic rings. The second-order valence-corrected chi connectivity index (χ2v) is 4.18. The molecule has 0 aromatic rings. The van der Waals surface area contributed by atoms with Gasteiger partial charge in [-0.3, -0.25) is 9.79 Å². The Labute approximate surface area is 99.6 Å². The molecule has 4 nitrogen and oxygen atoms in total. The summed E-state index contributed by atoms with van der Waals surface area (Å²) in [4.78, 5) is 26.9. The Hall–Kier alpha value is -1.10. The molecular formula is C11H16N2O2S. The van der Waals surface area contributed by atoms with Gasteiger partial charge in [0.15, 0.2) is 0 Å². The van der Waals surface area contributed by atoms with Crippen molar-refractivity contribution in [1.82, 2.24) is 5.32 Å². The van der Waals surface area contributed by atoms with Gasteiger partial charge in [0.2, 0.25) is 5.91 Å². The SMILES string of the molecule is CC.O=CC1CCC=C2SCC(=O)NC2=N1. The van der Waals surface area contributed by atoms with E-state index in [4.69, 9.17) is 0 Å². The molecule has 1 unspecified atom stereocenters. The number of nitrogens with one attached hydrogen (secondary N) is 1. The summed E-state index contributed by atoms with van der Waals surface area (Å²) < 4.78 is 0. The molecular weight excluding hydrogens is 224 g/mol. The first-order valence-electron chi connectivity index (χ1n) is 5.46. The van der Waals surface area contributed by atoms with Crippen molar-refractivity contribution in [3.63, 3.8) is 0 Å². The van der Waals surface area contributed by atoms with Gasteiger partial charge in [0.25, 0.3) is 0 Å². The Morgan fingerprint density at radius 3 is 3.00 bits per heavy atom. The predicted octanol–water partition coefficient (Wildman–Crippen LogP) is 1.52. The van der Waals surface area contributed by atoms with Gasteiger partial charge in [-0.05, 0) is 12.8 Å². The van der Waals surface area contributed by atoms with Crippen LogP contribution >= 0.6 is 11.8 Å². The largest absolute Gasteiger partial charge is 0.309 e. The van der Waals surface area contributed by atoms with Gasteiger partial charge in [0.05, 0.1) is 5.75 Å². The van der Waals surface area contributed by atoms with Crippen LogP contribution in [-0.4, -0.2) is 29.8 Å². The number of rotatable bonds is 1. The third kappa shape index (κ3) is 3.20. The minimum absolute atomic E-state index is 0.0440. The first kappa shape index (κ1) is 13.0. The molecule has 0 spiro atoms. The third-order valence-corrected chi connectivity index (χ3v) is 3.17. The molecule has 2 rings (SSSR count). The van der Waals surface area contributed by atoms with Gasteiger partial charge in [0, 0.05) is 4.91 Å². The van der Waals surface area contributed by atoms with Crippen LogP contribution in [0.1, 0.15) is 26.7 Å². The van der Waals surface area contributed by atoms with Crippen LogP contribution in [-0.2, 0) is 9.59 Å². The maximum absolute atomic E-state index is 11.1. The second kappa shape index (κ2) is 6.48. The van der Waals surface area contributed by atoms with Gasteiger partial charge in [-0.1, -0.05) is 19.9 Å².